The summed E-state index contributed by atoms with van der Waals surface area (Å²) in [4.78, 5) is 41.8. The molecular weight excluding hydrogens is 412 g/mol. The van der Waals surface area contributed by atoms with Crippen molar-refractivity contribution in [1.29, 1.82) is 0 Å². The van der Waals surface area contributed by atoms with Gasteiger partial charge in [-0.05, 0) is 62.9 Å². The average Bonchev–Trinajstić information content (AvgIpc) is 2.76. The molecule has 9 nitrogen and oxygen atoms in total. The zero-order chi connectivity index (χ0) is 23.5. The standard InChI is InChI=1S/C23H28N4O5/c1-15-19(22(30)26(32-4)23(31)20(15)16(2)28)14-24-25-21(29)17-8-10-18(11-9-17)27(3)12-6-5-7-13-27/h8-11,14H,5-7,12-13H2,1-4H3,(H-,24,25,28,29,30,31)/p+1. The Kier molecular flexibility index (Phi) is 6.78. The van der Waals surface area contributed by atoms with Crippen LogP contribution in [0.15, 0.2) is 34.2 Å². The van der Waals surface area contributed by atoms with Crippen LogP contribution in [0.3, 0.4) is 0 Å². The van der Waals surface area contributed by atoms with Gasteiger partial charge in [0.05, 0.1) is 37.5 Å². The van der Waals surface area contributed by atoms with E-state index < -0.39 is 23.1 Å². The second-order valence-electron chi connectivity index (χ2n) is 8.23. The third-order valence-corrected chi connectivity index (χ3v) is 6.06. The molecule has 1 fully saturated rings. The van der Waals surface area contributed by atoms with Gasteiger partial charge in [0.1, 0.15) is 12.8 Å². The molecule has 0 unspecified atom stereocenters. The van der Waals surface area contributed by atoms with Crippen LogP contribution in [0.25, 0.3) is 0 Å². The molecule has 170 valence electrons. The minimum Gasteiger partial charge on any atom is -0.492 e. The molecular formula is C23H29N4O5+. The minimum absolute atomic E-state index is 0.0213. The van der Waals surface area contributed by atoms with Gasteiger partial charge in [0.15, 0.2) is 5.78 Å². The Morgan fingerprint density at radius 3 is 2.38 bits per heavy atom. The lowest BCUT2D eigenvalue weighted by atomic mass is 10.0. The van der Waals surface area contributed by atoms with Crippen molar-refractivity contribution in [3.63, 3.8) is 0 Å². The van der Waals surface area contributed by atoms with Crippen molar-refractivity contribution >= 4 is 23.6 Å². The van der Waals surface area contributed by atoms with Gasteiger partial charge in [-0.3, -0.25) is 18.9 Å². The maximum atomic E-state index is 12.5. The number of hydrazone groups is 1. The molecule has 1 aromatic carbocycles. The number of benzene rings is 1. The molecule has 1 saturated heterocycles. The van der Waals surface area contributed by atoms with Crippen LogP contribution < -0.4 is 20.3 Å². The molecule has 1 aliphatic rings. The first-order valence-corrected chi connectivity index (χ1v) is 10.5. The summed E-state index contributed by atoms with van der Waals surface area (Å²) < 4.78 is 1.47. The molecule has 3 rings (SSSR count). The summed E-state index contributed by atoms with van der Waals surface area (Å²) >= 11 is 0. The molecule has 9 heteroatoms. The van der Waals surface area contributed by atoms with Crippen LogP contribution in [0, 0.1) is 6.92 Å². The number of quaternary nitrogens is 1. The number of carbonyl (C=O) groups is 2. The number of ketones is 1. The van der Waals surface area contributed by atoms with Crippen LogP contribution in [0.4, 0.5) is 5.69 Å². The van der Waals surface area contributed by atoms with Crippen molar-refractivity contribution in [3.05, 3.63) is 56.9 Å². The van der Waals surface area contributed by atoms with E-state index in [0.717, 1.165) is 23.8 Å². The summed E-state index contributed by atoms with van der Waals surface area (Å²) in [6, 6.07) is 7.45. The predicted octanol–water partition coefficient (Wildman–Crippen LogP) is 2.01. The van der Waals surface area contributed by atoms with Gasteiger partial charge in [-0.25, -0.2) is 5.43 Å². The second-order valence-corrected chi connectivity index (χ2v) is 8.23. The fourth-order valence-electron chi connectivity index (χ4n) is 4.17. The van der Waals surface area contributed by atoms with E-state index in [9.17, 15) is 19.5 Å². The normalized spacial score (nSPS) is 15.5. The van der Waals surface area contributed by atoms with E-state index in [1.807, 2.05) is 12.1 Å². The van der Waals surface area contributed by atoms with Gasteiger partial charge in [-0.15, -0.1) is 4.73 Å². The van der Waals surface area contributed by atoms with Gasteiger partial charge in [0.2, 0.25) is 5.88 Å². The largest absolute Gasteiger partial charge is 0.492 e. The molecule has 0 saturated carbocycles. The molecule has 1 amide bonds. The van der Waals surface area contributed by atoms with E-state index in [4.69, 9.17) is 4.84 Å². The van der Waals surface area contributed by atoms with E-state index in [0.29, 0.717) is 10.3 Å². The van der Waals surface area contributed by atoms with Crippen LogP contribution in [0.1, 0.15) is 58.0 Å². The number of likely N-dealkylation sites (tertiary alicyclic amines) is 1. The number of nitrogens with one attached hydrogen (secondary N) is 1. The Hall–Kier alpha value is -3.46. The van der Waals surface area contributed by atoms with E-state index in [1.54, 1.807) is 12.1 Å². The molecule has 2 heterocycles. The number of hydrogen-bond acceptors (Lipinski definition) is 6. The summed E-state index contributed by atoms with van der Waals surface area (Å²) in [7, 11) is 3.40. The van der Waals surface area contributed by atoms with Crippen molar-refractivity contribution in [2.24, 2.45) is 5.10 Å². The molecule has 32 heavy (non-hydrogen) atoms. The van der Waals surface area contributed by atoms with E-state index >= 15 is 0 Å². The average molecular weight is 442 g/mol. The third kappa shape index (κ3) is 4.43. The molecule has 0 radical (unpaired) electrons. The summed E-state index contributed by atoms with van der Waals surface area (Å²) in [5, 5.41) is 14.0. The number of amides is 1. The van der Waals surface area contributed by atoms with Crippen LogP contribution in [0.2, 0.25) is 0 Å². The molecule has 2 N–H and O–H groups in total. The van der Waals surface area contributed by atoms with Crippen molar-refractivity contribution < 1.29 is 19.5 Å². The Morgan fingerprint density at radius 2 is 1.81 bits per heavy atom. The van der Waals surface area contributed by atoms with Crippen LogP contribution in [-0.2, 0) is 0 Å². The van der Waals surface area contributed by atoms with Gasteiger partial charge in [0.25, 0.3) is 11.5 Å². The molecule has 1 aliphatic heterocycles. The van der Waals surface area contributed by atoms with Crippen molar-refractivity contribution in [1.82, 2.24) is 14.6 Å². The van der Waals surface area contributed by atoms with Crippen LogP contribution in [0.5, 0.6) is 5.88 Å². The first-order valence-electron chi connectivity index (χ1n) is 10.5. The summed E-state index contributed by atoms with van der Waals surface area (Å²) in [6.45, 7) is 4.96. The topological polar surface area (TPSA) is 110 Å². The number of aromatic nitrogens is 1. The van der Waals surface area contributed by atoms with Gasteiger partial charge in [-0.1, -0.05) is 0 Å². The minimum atomic E-state index is -0.701. The molecule has 1 aromatic heterocycles. The number of piperidine rings is 1. The molecule has 0 spiro atoms. The van der Waals surface area contributed by atoms with Crippen molar-refractivity contribution in [2.75, 3.05) is 27.2 Å². The van der Waals surface area contributed by atoms with E-state index in [-0.39, 0.29) is 16.7 Å². The van der Waals surface area contributed by atoms with Gasteiger partial charge >= 0.3 is 0 Å². The van der Waals surface area contributed by atoms with Crippen molar-refractivity contribution in [3.8, 4) is 5.88 Å². The Bertz CT molecular complexity index is 1110. The fraction of sp³-hybridized carbons (Fsp3) is 0.391. The Labute approximate surface area is 186 Å². The van der Waals surface area contributed by atoms with Crippen molar-refractivity contribution in [2.45, 2.75) is 33.1 Å². The summed E-state index contributed by atoms with van der Waals surface area (Å²) in [6.07, 6.45) is 4.79. The number of carbonyl (C=O) groups excluding carboxylic acids is 2. The van der Waals surface area contributed by atoms with Crippen LogP contribution >= 0.6 is 0 Å². The summed E-state index contributed by atoms with van der Waals surface area (Å²) in [5.74, 6) is -1.44. The lowest BCUT2D eigenvalue weighted by Gasteiger charge is -2.37. The number of nitrogens with zero attached hydrogens (tertiary/aromatic N) is 3. The third-order valence-electron chi connectivity index (χ3n) is 6.06. The van der Waals surface area contributed by atoms with Gasteiger partial charge < -0.3 is 9.94 Å². The maximum Gasteiger partial charge on any atom is 0.295 e. The highest BCUT2D eigenvalue weighted by molar-refractivity contribution is 6.00. The fourth-order valence-corrected chi connectivity index (χ4v) is 4.17. The highest BCUT2D eigenvalue weighted by Crippen LogP contribution is 2.26. The quantitative estimate of drug-likeness (QED) is 0.308. The number of rotatable bonds is 6. The number of hydrogen-bond donors (Lipinski definition) is 2. The highest BCUT2D eigenvalue weighted by Gasteiger charge is 2.27. The zero-order valence-corrected chi connectivity index (χ0v) is 18.8. The molecule has 0 atom stereocenters. The lowest BCUT2D eigenvalue weighted by Crippen LogP contribution is -2.48. The first kappa shape index (κ1) is 23.2. The van der Waals surface area contributed by atoms with Gasteiger partial charge in [-0.2, -0.15) is 5.10 Å². The predicted molar refractivity (Wildman–Crippen MR) is 122 cm³/mol. The SMILES string of the molecule is COn1c(O)c(C(C)=O)c(C)c(/C=N/NC(=O)c2ccc([N+]3(C)CCCCC3)cc2)c1=O. The van der Waals surface area contributed by atoms with E-state index in [2.05, 4.69) is 17.6 Å². The maximum absolute atomic E-state index is 12.5. The highest BCUT2D eigenvalue weighted by atomic mass is 16.7. The van der Waals surface area contributed by atoms with E-state index in [1.165, 1.54) is 45.9 Å². The van der Waals surface area contributed by atoms with Gasteiger partial charge in [0, 0.05) is 5.56 Å². The monoisotopic (exact) mass is 441 g/mol. The smallest absolute Gasteiger partial charge is 0.295 e. The first-order chi connectivity index (χ1) is 15.2. The number of pyridine rings is 1. The Balaban J connectivity index is 1.79. The Morgan fingerprint density at radius 1 is 1.19 bits per heavy atom. The summed E-state index contributed by atoms with van der Waals surface area (Å²) in [5.41, 5.74) is 3.52. The zero-order valence-electron chi connectivity index (χ0n) is 18.8. The number of aromatic hydroxyl groups is 1. The lowest BCUT2D eigenvalue weighted by molar-refractivity contribution is 0.0952. The molecule has 0 bridgehead atoms. The van der Waals surface area contributed by atoms with Crippen LogP contribution in [-0.4, -0.2) is 55.0 Å². The molecule has 0 aliphatic carbocycles. The second kappa shape index (κ2) is 9.35. The molecule has 2 aromatic rings. The number of Topliss-reactive ketones (excluding diaryl/α,β-unsaturated/α-hetero) is 1.